The predicted molar refractivity (Wildman–Crippen MR) is 67.1 cm³/mol. The van der Waals surface area contributed by atoms with Gasteiger partial charge in [-0.3, -0.25) is 4.79 Å². The first kappa shape index (κ1) is 13.2. The summed E-state index contributed by atoms with van der Waals surface area (Å²) in [6, 6.07) is 0. The van der Waals surface area contributed by atoms with Gasteiger partial charge in [0.05, 0.1) is 0 Å². The first-order valence-corrected chi connectivity index (χ1v) is 6.63. The van der Waals surface area contributed by atoms with Gasteiger partial charge < -0.3 is 14.5 Å². The second kappa shape index (κ2) is 4.78. The quantitative estimate of drug-likeness (QED) is 0.712. The summed E-state index contributed by atoms with van der Waals surface area (Å²) in [4.78, 5) is 27.2. The van der Waals surface area contributed by atoms with Crippen molar-refractivity contribution in [3.63, 3.8) is 0 Å². The number of hydrogen-bond acceptors (Lipinski definition) is 3. The normalized spacial score (nSPS) is 20.8. The molecule has 102 valence electrons. The van der Waals surface area contributed by atoms with E-state index in [0.717, 1.165) is 12.8 Å². The zero-order chi connectivity index (χ0) is 13.3. The Morgan fingerprint density at radius 3 is 1.94 bits per heavy atom. The number of rotatable bonds is 1. The molecule has 1 saturated heterocycles. The topological polar surface area (TPSA) is 49.9 Å². The molecule has 0 atom stereocenters. The maximum absolute atomic E-state index is 11.9. The lowest BCUT2D eigenvalue weighted by Gasteiger charge is -2.35. The zero-order valence-electron chi connectivity index (χ0n) is 11.4. The highest BCUT2D eigenvalue weighted by molar-refractivity contribution is 5.81. The van der Waals surface area contributed by atoms with Gasteiger partial charge in [0.15, 0.2) is 0 Å². The van der Waals surface area contributed by atoms with E-state index in [0.29, 0.717) is 26.2 Å². The van der Waals surface area contributed by atoms with Gasteiger partial charge in [-0.2, -0.15) is 0 Å². The van der Waals surface area contributed by atoms with Crippen molar-refractivity contribution in [3.8, 4) is 0 Å². The summed E-state index contributed by atoms with van der Waals surface area (Å²) in [6.07, 6.45) is 1.79. The molecule has 0 aromatic carbocycles. The Labute approximate surface area is 108 Å². The third kappa shape index (κ3) is 3.37. The molecule has 0 radical (unpaired) electrons. The minimum atomic E-state index is -0.460. The molecule has 2 rings (SSSR count). The van der Waals surface area contributed by atoms with Crippen LogP contribution in [0.5, 0.6) is 0 Å². The summed E-state index contributed by atoms with van der Waals surface area (Å²) in [7, 11) is 0. The lowest BCUT2D eigenvalue weighted by molar-refractivity contribution is -0.134. The van der Waals surface area contributed by atoms with Crippen LogP contribution in [0.3, 0.4) is 0 Å². The summed E-state index contributed by atoms with van der Waals surface area (Å²) >= 11 is 0. The zero-order valence-corrected chi connectivity index (χ0v) is 11.4. The molecule has 0 N–H and O–H groups in total. The van der Waals surface area contributed by atoms with E-state index in [-0.39, 0.29) is 17.9 Å². The second-order valence-corrected chi connectivity index (χ2v) is 6.07. The molecule has 1 heterocycles. The van der Waals surface area contributed by atoms with E-state index in [2.05, 4.69) is 0 Å². The molecule has 0 unspecified atom stereocenters. The fourth-order valence-electron chi connectivity index (χ4n) is 2.02. The van der Waals surface area contributed by atoms with Gasteiger partial charge in [-0.25, -0.2) is 4.79 Å². The van der Waals surface area contributed by atoms with Gasteiger partial charge >= 0.3 is 6.09 Å². The first-order chi connectivity index (χ1) is 8.37. The van der Waals surface area contributed by atoms with Gasteiger partial charge in [-0.15, -0.1) is 0 Å². The Morgan fingerprint density at radius 1 is 1.00 bits per heavy atom. The maximum atomic E-state index is 11.9. The van der Waals surface area contributed by atoms with Crippen LogP contribution < -0.4 is 0 Å². The average molecular weight is 254 g/mol. The fourth-order valence-corrected chi connectivity index (χ4v) is 2.02. The summed E-state index contributed by atoms with van der Waals surface area (Å²) in [5.74, 6) is 0.525. The monoisotopic (exact) mass is 254 g/mol. The van der Waals surface area contributed by atoms with Gasteiger partial charge in [-0.1, -0.05) is 0 Å². The number of nitrogens with zero attached hydrogens (tertiary/aromatic N) is 2. The van der Waals surface area contributed by atoms with Crippen LogP contribution in [0, 0.1) is 5.92 Å². The van der Waals surface area contributed by atoms with Crippen LogP contribution in [0.15, 0.2) is 0 Å². The van der Waals surface area contributed by atoms with Crippen LogP contribution in [0.4, 0.5) is 4.79 Å². The first-order valence-electron chi connectivity index (χ1n) is 6.63. The fraction of sp³-hybridized carbons (Fsp3) is 0.846. The lowest BCUT2D eigenvalue weighted by atomic mass is 10.2. The van der Waals surface area contributed by atoms with Crippen molar-refractivity contribution in [2.45, 2.75) is 39.2 Å². The van der Waals surface area contributed by atoms with Gasteiger partial charge in [0.1, 0.15) is 5.60 Å². The van der Waals surface area contributed by atoms with Crippen LogP contribution in [0.1, 0.15) is 33.6 Å². The highest BCUT2D eigenvalue weighted by atomic mass is 16.6. The third-order valence-electron chi connectivity index (χ3n) is 3.17. The molecule has 0 aromatic rings. The Morgan fingerprint density at radius 2 is 1.50 bits per heavy atom. The van der Waals surface area contributed by atoms with Gasteiger partial charge in [0, 0.05) is 32.1 Å². The van der Waals surface area contributed by atoms with Crippen LogP contribution in [0.25, 0.3) is 0 Å². The van der Waals surface area contributed by atoms with E-state index >= 15 is 0 Å². The molecule has 1 aliphatic heterocycles. The Bertz CT molecular complexity index is 337. The Kier molecular flexibility index (Phi) is 3.50. The number of carbonyl (C=O) groups excluding carboxylic acids is 2. The second-order valence-electron chi connectivity index (χ2n) is 6.07. The summed E-state index contributed by atoms with van der Waals surface area (Å²) < 4.78 is 5.32. The molecule has 2 amide bonds. The van der Waals surface area contributed by atoms with Gasteiger partial charge in [0.2, 0.25) is 5.91 Å². The summed E-state index contributed by atoms with van der Waals surface area (Å²) in [5.41, 5.74) is -0.460. The molecule has 0 aromatic heterocycles. The molecular formula is C13H22N2O3. The largest absolute Gasteiger partial charge is 0.444 e. The standard InChI is InChI=1S/C13H22N2O3/c1-13(2,3)18-12(17)15-8-6-14(7-9-15)11(16)10-4-5-10/h10H,4-9H2,1-3H3. The third-order valence-corrected chi connectivity index (χ3v) is 3.17. The molecule has 18 heavy (non-hydrogen) atoms. The van der Waals surface area contributed by atoms with E-state index in [1.165, 1.54) is 0 Å². The van der Waals surface area contributed by atoms with E-state index in [4.69, 9.17) is 4.74 Å². The molecular weight excluding hydrogens is 232 g/mol. The summed E-state index contributed by atoms with van der Waals surface area (Å²) in [6.45, 7) is 8.00. The van der Waals surface area contributed by atoms with Crippen LogP contribution in [-0.4, -0.2) is 53.6 Å². The van der Waals surface area contributed by atoms with Crippen molar-refractivity contribution in [2.75, 3.05) is 26.2 Å². The summed E-state index contributed by atoms with van der Waals surface area (Å²) in [5, 5.41) is 0. The maximum Gasteiger partial charge on any atom is 0.410 e. The van der Waals surface area contributed by atoms with Crippen molar-refractivity contribution in [3.05, 3.63) is 0 Å². The highest BCUT2D eigenvalue weighted by Crippen LogP contribution is 2.31. The van der Waals surface area contributed by atoms with Gasteiger partial charge in [0.25, 0.3) is 0 Å². The molecule has 0 spiro atoms. The number of hydrogen-bond donors (Lipinski definition) is 0. The van der Waals surface area contributed by atoms with E-state index in [1.807, 2.05) is 25.7 Å². The lowest BCUT2D eigenvalue weighted by Crippen LogP contribution is -2.52. The van der Waals surface area contributed by atoms with Crippen molar-refractivity contribution >= 4 is 12.0 Å². The number of ether oxygens (including phenoxy) is 1. The molecule has 2 fully saturated rings. The molecule has 1 saturated carbocycles. The number of carbonyl (C=O) groups is 2. The highest BCUT2D eigenvalue weighted by Gasteiger charge is 2.35. The Hall–Kier alpha value is -1.26. The molecule has 2 aliphatic rings. The minimum absolute atomic E-state index is 0.262. The molecule has 5 nitrogen and oxygen atoms in total. The SMILES string of the molecule is CC(C)(C)OC(=O)N1CCN(C(=O)C2CC2)CC1. The van der Waals surface area contributed by atoms with Crippen molar-refractivity contribution in [1.82, 2.24) is 9.80 Å². The average Bonchev–Trinajstić information content (AvgIpc) is 3.10. The van der Waals surface area contributed by atoms with Crippen molar-refractivity contribution in [2.24, 2.45) is 5.92 Å². The van der Waals surface area contributed by atoms with Crippen LogP contribution >= 0.6 is 0 Å². The minimum Gasteiger partial charge on any atom is -0.444 e. The molecule has 1 aliphatic carbocycles. The van der Waals surface area contributed by atoms with Crippen LogP contribution in [0.2, 0.25) is 0 Å². The number of piperazine rings is 1. The molecule has 5 heteroatoms. The van der Waals surface area contributed by atoms with Crippen LogP contribution in [-0.2, 0) is 9.53 Å². The van der Waals surface area contributed by atoms with E-state index < -0.39 is 5.60 Å². The smallest absolute Gasteiger partial charge is 0.410 e. The van der Waals surface area contributed by atoms with Gasteiger partial charge in [-0.05, 0) is 33.6 Å². The Balaban J connectivity index is 1.79. The van der Waals surface area contributed by atoms with Crippen molar-refractivity contribution < 1.29 is 14.3 Å². The van der Waals surface area contributed by atoms with E-state index in [1.54, 1.807) is 4.90 Å². The van der Waals surface area contributed by atoms with E-state index in [9.17, 15) is 9.59 Å². The molecule has 0 bridgehead atoms. The predicted octanol–water partition coefficient (Wildman–Crippen LogP) is 1.48. The number of amides is 2. The van der Waals surface area contributed by atoms with Crippen molar-refractivity contribution in [1.29, 1.82) is 0 Å².